The van der Waals surface area contributed by atoms with Gasteiger partial charge < -0.3 is 10.2 Å². The average Bonchev–Trinajstić information content (AvgIpc) is 3.03. The van der Waals surface area contributed by atoms with Gasteiger partial charge in [-0.15, -0.1) is 11.8 Å². The van der Waals surface area contributed by atoms with Crippen molar-refractivity contribution in [2.45, 2.75) is 29.0 Å². The van der Waals surface area contributed by atoms with Crippen LogP contribution in [-0.2, 0) is 17.6 Å². The summed E-state index contributed by atoms with van der Waals surface area (Å²) in [6, 6.07) is 19.0. The van der Waals surface area contributed by atoms with Gasteiger partial charge in [0.1, 0.15) is 0 Å². The van der Waals surface area contributed by atoms with Crippen LogP contribution in [0.2, 0.25) is 0 Å². The van der Waals surface area contributed by atoms with E-state index in [1.165, 1.54) is 16.0 Å². The number of nitrogens with zero attached hydrogens (tertiary/aromatic N) is 1. The Morgan fingerprint density at radius 2 is 1.88 bits per heavy atom. The highest BCUT2D eigenvalue weighted by molar-refractivity contribution is 8.01. The van der Waals surface area contributed by atoms with Gasteiger partial charge in [-0.2, -0.15) is 0 Å². The molecule has 2 aromatic rings. The number of benzene rings is 2. The molecular formula is C20H24N2OS. The molecule has 1 N–H and O–H groups in total. The number of hydrogen-bond acceptors (Lipinski definition) is 3. The van der Waals surface area contributed by atoms with Crippen molar-refractivity contribution in [2.24, 2.45) is 0 Å². The average molecular weight is 340 g/mol. The van der Waals surface area contributed by atoms with E-state index in [2.05, 4.69) is 60.7 Å². The molecule has 3 rings (SSSR count). The molecule has 0 aromatic heterocycles. The first-order valence-electron chi connectivity index (χ1n) is 8.36. The minimum Gasteiger partial charge on any atom is -0.354 e. The zero-order valence-electron chi connectivity index (χ0n) is 14.2. The Balaban J connectivity index is 1.54. The molecule has 0 spiro atoms. The van der Waals surface area contributed by atoms with Gasteiger partial charge in [0, 0.05) is 17.5 Å². The van der Waals surface area contributed by atoms with Crippen LogP contribution >= 0.6 is 11.8 Å². The Kier molecular flexibility index (Phi) is 5.59. The molecule has 0 saturated carbocycles. The fourth-order valence-corrected chi connectivity index (χ4v) is 4.20. The van der Waals surface area contributed by atoms with Crippen LogP contribution in [0, 0.1) is 0 Å². The molecule has 2 atom stereocenters. The molecule has 0 aliphatic carbocycles. The third kappa shape index (κ3) is 4.19. The number of likely N-dealkylation sites (N-methyl/N-ethyl adjacent to an activating group) is 1. The van der Waals surface area contributed by atoms with Crippen molar-refractivity contribution in [1.82, 2.24) is 10.2 Å². The smallest absolute Gasteiger partial charge is 0.233 e. The van der Waals surface area contributed by atoms with Crippen molar-refractivity contribution >= 4 is 17.7 Å². The minimum atomic E-state index is 0.00179. The van der Waals surface area contributed by atoms with Crippen LogP contribution in [0.3, 0.4) is 0 Å². The third-order valence-electron chi connectivity index (χ3n) is 4.50. The summed E-state index contributed by atoms with van der Waals surface area (Å²) >= 11 is 1.68. The fourth-order valence-electron chi connectivity index (χ4n) is 2.98. The molecule has 2 aromatic carbocycles. The first-order chi connectivity index (χ1) is 11.6. The SMILES string of the molecule is CN(C)C(CNC(=O)C1Cc2ccccc2S1)Cc1ccccc1. The fraction of sp³-hybridized carbons (Fsp3) is 0.350. The van der Waals surface area contributed by atoms with Crippen molar-refractivity contribution in [3.05, 3.63) is 65.7 Å². The van der Waals surface area contributed by atoms with Crippen LogP contribution in [0.15, 0.2) is 59.5 Å². The summed E-state index contributed by atoms with van der Waals surface area (Å²) in [5.74, 6) is 0.149. The van der Waals surface area contributed by atoms with Crippen LogP contribution in [-0.4, -0.2) is 42.7 Å². The van der Waals surface area contributed by atoms with E-state index >= 15 is 0 Å². The summed E-state index contributed by atoms with van der Waals surface area (Å²) in [6.45, 7) is 0.675. The quantitative estimate of drug-likeness (QED) is 0.877. The number of fused-ring (bicyclic) bond motifs is 1. The summed E-state index contributed by atoms with van der Waals surface area (Å²) in [5.41, 5.74) is 2.59. The van der Waals surface area contributed by atoms with Crippen molar-refractivity contribution in [1.29, 1.82) is 0 Å². The maximum Gasteiger partial charge on any atom is 0.233 e. The minimum absolute atomic E-state index is 0.00179. The van der Waals surface area contributed by atoms with Gasteiger partial charge in [-0.25, -0.2) is 0 Å². The molecule has 1 heterocycles. The highest BCUT2D eigenvalue weighted by atomic mass is 32.2. The van der Waals surface area contributed by atoms with Gasteiger partial charge in [-0.1, -0.05) is 48.5 Å². The van der Waals surface area contributed by atoms with Crippen molar-refractivity contribution < 1.29 is 4.79 Å². The number of thioether (sulfide) groups is 1. The van der Waals surface area contributed by atoms with Gasteiger partial charge in [0.15, 0.2) is 0 Å². The Labute approximate surface area is 148 Å². The first kappa shape index (κ1) is 17.1. The molecule has 1 aliphatic heterocycles. The number of nitrogens with one attached hydrogen (secondary N) is 1. The van der Waals surface area contributed by atoms with Crippen LogP contribution in [0.4, 0.5) is 0 Å². The van der Waals surface area contributed by atoms with Gasteiger partial charge in [0.2, 0.25) is 5.91 Å². The molecule has 0 bridgehead atoms. The van der Waals surface area contributed by atoms with Crippen LogP contribution in [0.1, 0.15) is 11.1 Å². The van der Waals surface area contributed by atoms with Crippen LogP contribution in [0.5, 0.6) is 0 Å². The largest absolute Gasteiger partial charge is 0.354 e. The number of rotatable bonds is 6. The van der Waals surface area contributed by atoms with Gasteiger partial charge in [-0.05, 0) is 44.1 Å². The summed E-state index contributed by atoms with van der Waals surface area (Å²) in [6.07, 6.45) is 1.77. The zero-order valence-corrected chi connectivity index (χ0v) is 15.1. The predicted molar refractivity (Wildman–Crippen MR) is 100 cm³/mol. The van der Waals surface area contributed by atoms with Gasteiger partial charge >= 0.3 is 0 Å². The molecule has 3 nitrogen and oxygen atoms in total. The lowest BCUT2D eigenvalue weighted by Gasteiger charge is -2.25. The Morgan fingerprint density at radius 1 is 1.17 bits per heavy atom. The molecule has 0 fully saturated rings. The second kappa shape index (κ2) is 7.86. The lowest BCUT2D eigenvalue weighted by atomic mass is 10.0. The third-order valence-corrected chi connectivity index (χ3v) is 5.81. The van der Waals surface area contributed by atoms with Crippen LogP contribution < -0.4 is 5.32 Å². The summed E-state index contributed by atoms with van der Waals surface area (Å²) in [5, 5.41) is 3.16. The van der Waals surface area contributed by atoms with Gasteiger partial charge in [0.05, 0.1) is 5.25 Å². The molecule has 24 heavy (non-hydrogen) atoms. The van der Waals surface area contributed by atoms with Gasteiger partial charge in [-0.3, -0.25) is 4.79 Å². The highest BCUT2D eigenvalue weighted by Crippen LogP contribution is 2.36. The Bertz CT molecular complexity index is 662. The second-order valence-electron chi connectivity index (χ2n) is 6.47. The molecular weight excluding hydrogens is 316 g/mol. The molecule has 126 valence electrons. The van der Waals surface area contributed by atoms with Crippen LogP contribution in [0.25, 0.3) is 0 Å². The summed E-state index contributed by atoms with van der Waals surface area (Å²) in [7, 11) is 4.14. The van der Waals surface area contributed by atoms with E-state index in [-0.39, 0.29) is 11.2 Å². The lowest BCUT2D eigenvalue weighted by Crippen LogP contribution is -2.44. The van der Waals surface area contributed by atoms with E-state index in [4.69, 9.17) is 0 Å². The van der Waals surface area contributed by atoms with Crippen molar-refractivity contribution in [3.63, 3.8) is 0 Å². The second-order valence-corrected chi connectivity index (χ2v) is 7.72. The number of carbonyl (C=O) groups excluding carboxylic acids is 1. The monoisotopic (exact) mass is 340 g/mol. The highest BCUT2D eigenvalue weighted by Gasteiger charge is 2.28. The maximum atomic E-state index is 12.5. The topological polar surface area (TPSA) is 32.3 Å². The van der Waals surface area contributed by atoms with E-state index in [0.29, 0.717) is 12.6 Å². The van der Waals surface area contributed by atoms with E-state index in [1.807, 2.05) is 18.2 Å². The number of carbonyl (C=O) groups is 1. The first-order valence-corrected chi connectivity index (χ1v) is 9.24. The number of amides is 1. The number of hydrogen-bond donors (Lipinski definition) is 1. The molecule has 2 unspecified atom stereocenters. The predicted octanol–water partition coefficient (Wildman–Crippen LogP) is 2.99. The molecule has 0 saturated heterocycles. The molecule has 1 amide bonds. The Morgan fingerprint density at radius 3 is 2.58 bits per heavy atom. The molecule has 4 heteroatoms. The maximum absolute atomic E-state index is 12.5. The zero-order chi connectivity index (χ0) is 16.9. The van der Waals surface area contributed by atoms with E-state index < -0.39 is 0 Å². The van der Waals surface area contributed by atoms with Crippen molar-refractivity contribution in [3.8, 4) is 0 Å². The molecule has 0 radical (unpaired) electrons. The summed E-state index contributed by atoms with van der Waals surface area (Å²) in [4.78, 5) is 16.0. The van der Waals surface area contributed by atoms with E-state index in [1.54, 1.807) is 11.8 Å². The standard InChI is InChI=1S/C20H24N2OS/c1-22(2)17(12-15-8-4-3-5-9-15)14-21-20(23)19-13-16-10-6-7-11-18(16)24-19/h3-11,17,19H,12-14H2,1-2H3,(H,21,23). The van der Waals surface area contributed by atoms with E-state index in [9.17, 15) is 4.79 Å². The molecule has 1 aliphatic rings. The lowest BCUT2D eigenvalue weighted by molar-refractivity contribution is -0.120. The summed E-state index contributed by atoms with van der Waals surface area (Å²) < 4.78 is 0. The Hall–Kier alpha value is -1.78. The van der Waals surface area contributed by atoms with Crippen molar-refractivity contribution in [2.75, 3.05) is 20.6 Å². The normalized spacial score (nSPS) is 17.5. The van der Waals surface area contributed by atoms with Gasteiger partial charge in [0.25, 0.3) is 0 Å². The van der Waals surface area contributed by atoms with E-state index in [0.717, 1.165) is 12.8 Å².